The Balaban J connectivity index is 1.78. The molecular formula is C18H22N2O4S. The van der Waals surface area contributed by atoms with Crippen LogP contribution in [0.3, 0.4) is 0 Å². The number of nitrogens with zero attached hydrogens (tertiary/aromatic N) is 2. The molecule has 1 aromatic heterocycles. The number of aromatic nitrogens is 1. The molecule has 134 valence electrons. The molecule has 3 rings (SSSR count). The van der Waals surface area contributed by atoms with Crippen LogP contribution in [0.2, 0.25) is 0 Å². The van der Waals surface area contributed by atoms with E-state index < -0.39 is 10.0 Å². The van der Waals surface area contributed by atoms with E-state index in [4.69, 9.17) is 9.47 Å². The first-order chi connectivity index (χ1) is 12.1. The monoisotopic (exact) mass is 362 g/mol. The fourth-order valence-corrected chi connectivity index (χ4v) is 4.55. The van der Waals surface area contributed by atoms with E-state index in [9.17, 15) is 8.42 Å². The Morgan fingerprint density at radius 2 is 1.96 bits per heavy atom. The van der Waals surface area contributed by atoms with Crippen molar-refractivity contribution in [2.75, 3.05) is 19.7 Å². The number of pyridine rings is 1. The van der Waals surface area contributed by atoms with Crippen molar-refractivity contribution in [3.8, 4) is 11.5 Å². The Kier molecular flexibility index (Phi) is 5.55. The van der Waals surface area contributed by atoms with Crippen molar-refractivity contribution in [3.05, 3.63) is 48.8 Å². The molecule has 1 aliphatic heterocycles. The van der Waals surface area contributed by atoms with E-state index in [1.54, 1.807) is 48.8 Å². The number of piperidine rings is 1. The van der Waals surface area contributed by atoms with Gasteiger partial charge in [0.2, 0.25) is 10.0 Å². The van der Waals surface area contributed by atoms with Gasteiger partial charge in [-0.25, -0.2) is 8.42 Å². The second-order valence-corrected chi connectivity index (χ2v) is 7.71. The van der Waals surface area contributed by atoms with Crippen molar-refractivity contribution in [1.82, 2.24) is 9.29 Å². The summed E-state index contributed by atoms with van der Waals surface area (Å²) in [7, 11) is -3.62. The van der Waals surface area contributed by atoms with Gasteiger partial charge in [-0.15, -0.1) is 0 Å². The first kappa shape index (κ1) is 17.7. The molecule has 1 aromatic carbocycles. The Labute approximate surface area is 148 Å². The van der Waals surface area contributed by atoms with Crippen molar-refractivity contribution in [1.29, 1.82) is 0 Å². The highest BCUT2D eigenvalue weighted by Crippen LogP contribution is 2.29. The van der Waals surface area contributed by atoms with Crippen LogP contribution >= 0.6 is 0 Å². The summed E-state index contributed by atoms with van der Waals surface area (Å²) >= 11 is 0. The molecule has 0 N–H and O–H groups in total. The summed E-state index contributed by atoms with van der Waals surface area (Å²) in [6.45, 7) is 3.06. The maximum atomic E-state index is 13.1. The molecule has 0 bridgehead atoms. The molecule has 2 aromatic rings. The van der Waals surface area contributed by atoms with Crippen molar-refractivity contribution in [2.45, 2.75) is 30.8 Å². The SMILES string of the molecule is CCOc1ccccc1S(=O)(=O)N1CCCC(Oc2ccncc2)C1. The normalized spacial score (nSPS) is 18.7. The highest BCUT2D eigenvalue weighted by molar-refractivity contribution is 7.89. The number of para-hydroxylation sites is 1. The molecule has 0 amide bonds. The zero-order valence-corrected chi connectivity index (χ0v) is 15.0. The fourth-order valence-electron chi connectivity index (χ4n) is 2.91. The second-order valence-electron chi connectivity index (χ2n) is 5.81. The minimum atomic E-state index is -3.62. The number of ether oxygens (including phenoxy) is 2. The average Bonchev–Trinajstić information content (AvgIpc) is 2.63. The summed E-state index contributed by atoms with van der Waals surface area (Å²) in [4.78, 5) is 4.17. The Bertz CT molecular complexity index is 796. The molecule has 7 heteroatoms. The van der Waals surface area contributed by atoms with Gasteiger partial charge in [0.25, 0.3) is 0 Å². The van der Waals surface area contributed by atoms with Crippen LogP contribution in [0.1, 0.15) is 19.8 Å². The van der Waals surface area contributed by atoms with Crippen LogP contribution in [-0.4, -0.2) is 43.5 Å². The average molecular weight is 362 g/mol. The summed E-state index contributed by atoms with van der Waals surface area (Å²) in [6, 6.07) is 10.3. The summed E-state index contributed by atoms with van der Waals surface area (Å²) in [6.07, 6.45) is 4.72. The molecule has 1 unspecified atom stereocenters. The fraction of sp³-hybridized carbons (Fsp3) is 0.389. The van der Waals surface area contributed by atoms with E-state index >= 15 is 0 Å². The van der Waals surface area contributed by atoms with Gasteiger partial charge >= 0.3 is 0 Å². The molecule has 0 aliphatic carbocycles. The van der Waals surface area contributed by atoms with Crippen molar-refractivity contribution < 1.29 is 17.9 Å². The third kappa shape index (κ3) is 4.11. The molecule has 1 fully saturated rings. The quantitative estimate of drug-likeness (QED) is 0.790. The van der Waals surface area contributed by atoms with Crippen molar-refractivity contribution in [3.63, 3.8) is 0 Å². The molecule has 0 saturated carbocycles. The molecule has 25 heavy (non-hydrogen) atoms. The number of hydrogen-bond donors (Lipinski definition) is 0. The van der Waals surface area contributed by atoms with Crippen LogP contribution in [-0.2, 0) is 10.0 Å². The second kappa shape index (κ2) is 7.84. The van der Waals surface area contributed by atoms with E-state index in [0.29, 0.717) is 31.2 Å². The molecule has 0 spiro atoms. The van der Waals surface area contributed by atoms with Crippen LogP contribution in [0.15, 0.2) is 53.7 Å². The van der Waals surface area contributed by atoms with E-state index in [-0.39, 0.29) is 11.0 Å². The predicted molar refractivity (Wildman–Crippen MR) is 94.3 cm³/mol. The largest absolute Gasteiger partial charge is 0.492 e. The maximum absolute atomic E-state index is 13.1. The Morgan fingerprint density at radius 1 is 1.20 bits per heavy atom. The minimum absolute atomic E-state index is 0.176. The summed E-state index contributed by atoms with van der Waals surface area (Å²) in [5, 5.41) is 0. The van der Waals surface area contributed by atoms with E-state index in [2.05, 4.69) is 4.98 Å². The van der Waals surface area contributed by atoms with Crippen LogP contribution in [0.25, 0.3) is 0 Å². The smallest absolute Gasteiger partial charge is 0.246 e. The lowest BCUT2D eigenvalue weighted by atomic mass is 10.1. The third-order valence-corrected chi connectivity index (χ3v) is 5.96. The Hall–Kier alpha value is -2.12. The van der Waals surface area contributed by atoms with Gasteiger partial charge in [0.05, 0.1) is 13.2 Å². The molecule has 1 aliphatic rings. The minimum Gasteiger partial charge on any atom is -0.492 e. The van der Waals surface area contributed by atoms with Crippen LogP contribution in [0, 0.1) is 0 Å². The van der Waals surface area contributed by atoms with Gasteiger partial charge in [0.15, 0.2) is 0 Å². The number of rotatable bonds is 6. The highest BCUT2D eigenvalue weighted by Gasteiger charge is 2.33. The first-order valence-electron chi connectivity index (χ1n) is 8.40. The highest BCUT2D eigenvalue weighted by atomic mass is 32.2. The predicted octanol–water partition coefficient (Wildman–Crippen LogP) is 2.71. The summed E-state index contributed by atoms with van der Waals surface area (Å²) in [5.41, 5.74) is 0. The van der Waals surface area contributed by atoms with E-state index in [1.807, 2.05) is 6.92 Å². The molecule has 2 heterocycles. The van der Waals surface area contributed by atoms with Gasteiger partial charge in [0, 0.05) is 18.9 Å². The summed E-state index contributed by atoms with van der Waals surface area (Å²) in [5.74, 6) is 1.09. The maximum Gasteiger partial charge on any atom is 0.246 e. The number of benzene rings is 1. The van der Waals surface area contributed by atoms with Crippen LogP contribution in [0.5, 0.6) is 11.5 Å². The molecule has 1 saturated heterocycles. The van der Waals surface area contributed by atoms with Crippen LogP contribution in [0.4, 0.5) is 0 Å². The molecular weight excluding hydrogens is 340 g/mol. The topological polar surface area (TPSA) is 68.7 Å². The molecule has 1 atom stereocenters. The summed E-state index contributed by atoms with van der Waals surface area (Å²) < 4.78 is 39.0. The van der Waals surface area contributed by atoms with E-state index in [0.717, 1.165) is 12.8 Å². The Morgan fingerprint density at radius 3 is 2.72 bits per heavy atom. The zero-order valence-electron chi connectivity index (χ0n) is 14.2. The molecule has 6 nitrogen and oxygen atoms in total. The zero-order chi connectivity index (χ0) is 17.7. The number of sulfonamides is 1. The van der Waals surface area contributed by atoms with Gasteiger partial charge in [-0.05, 0) is 44.0 Å². The molecule has 0 radical (unpaired) electrons. The van der Waals surface area contributed by atoms with Crippen molar-refractivity contribution in [2.24, 2.45) is 0 Å². The van der Waals surface area contributed by atoms with Gasteiger partial charge in [0.1, 0.15) is 22.5 Å². The standard InChI is InChI=1S/C18H22N2O4S/c1-2-23-17-7-3-4-8-18(17)25(21,22)20-13-5-6-16(14-20)24-15-9-11-19-12-10-15/h3-4,7-12,16H,2,5-6,13-14H2,1H3. The van der Waals surface area contributed by atoms with Gasteiger partial charge in [-0.2, -0.15) is 4.31 Å². The van der Waals surface area contributed by atoms with Gasteiger partial charge in [-0.1, -0.05) is 12.1 Å². The van der Waals surface area contributed by atoms with Gasteiger partial charge in [-0.3, -0.25) is 4.98 Å². The lowest BCUT2D eigenvalue weighted by Gasteiger charge is -2.32. The van der Waals surface area contributed by atoms with Crippen molar-refractivity contribution >= 4 is 10.0 Å². The lowest BCUT2D eigenvalue weighted by Crippen LogP contribution is -2.44. The third-order valence-electron chi connectivity index (χ3n) is 4.06. The van der Waals surface area contributed by atoms with E-state index in [1.165, 1.54) is 4.31 Å². The van der Waals surface area contributed by atoms with Crippen LogP contribution < -0.4 is 9.47 Å². The first-order valence-corrected chi connectivity index (χ1v) is 9.84. The lowest BCUT2D eigenvalue weighted by molar-refractivity contribution is 0.129. The van der Waals surface area contributed by atoms with Gasteiger partial charge < -0.3 is 9.47 Å². The number of hydrogen-bond acceptors (Lipinski definition) is 5.